The maximum atomic E-state index is 11.5. The van der Waals surface area contributed by atoms with Crippen LogP contribution in [0, 0.1) is 0 Å². The molecule has 0 unspecified atom stereocenters. The monoisotopic (exact) mass is 380 g/mol. The first-order chi connectivity index (χ1) is 13.6. The molecule has 0 atom stereocenters. The molecule has 0 saturated heterocycles. The number of aromatic nitrogens is 2. The molecule has 8 heteroatoms. The summed E-state index contributed by atoms with van der Waals surface area (Å²) >= 11 is 0. The van der Waals surface area contributed by atoms with Crippen LogP contribution in [0.2, 0.25) is 0 Å². The molecular weight excluding hydrogens is 360 g/mol. The van der Waals surface area contributed by atoms with E-state index in [9.17, 15) is 4.79 Å². The Labute approximate surface area is 162 Å². The number of ether oxygens (including phenoxy) is 3. The SMILES string of the molecule is COC(=O)c1ccc(Nc2ccnc(Nc3cc(OC)ccc3OC)n2)cc1. The van der Waals surface area contributed by atoms with Gasteiger partial charge in [0.25, 0.3) is 0 Å². The van der Waals surface area contributed by atoms with Crippen molar-refractivity contribution in [2.24, 2.45) is 0 Å². The lowest BCUT2D eigenvalue weighted by Gasteiger charge is -2.12. The fourth-order valence-electron chi connectivity index (χ4n) is 2.48. The first kappa shape index (κ1) is 19.0. The third kappa shape index (κ3) is 4.47. The summed E-state index contributed by atoms with van der Waals surface area (Å²) in [6.07, 6.45) is 1.63. The van der Waals surface area contributed by atoms with Crippen LogP contribution in [0.5, 0.6) is 11.5 Å². The Kier molecular flexibility index (Phi) is 5.91. The molecule has 1 aromatic heterocycles. The van der Waals surface area contributed by atoms with E-state index in [2.05, 4.69) is 20.6 Å². The van der Waals surface area contributed by atoms with Crippen LogP contribution in [0.25, 0.3) is 0 Å². The molecule has 3 rings (SSSR count). The second-order valence-corrected chi connectivity index (χ2v) is 5.65. The van der Waals surface area contributed by atoms with E-state index < -0.39 is 0 Å². The Hall–Kier alpha value is -3.81. The molecule has 0 fully saturated rings. The zero-order valence-electron chi connectivity index (χ0n) is 15.7. The molecule has 28 heavy (non-hydrogen) atoms. The van der Waals surface area contributed by atoms with Crippen LogP contribution < -0.4 is 20.1 Å². The molecule has 8 nitrogen and oxygen atoms in total. The second-order valence-electron chi connectivity index (χ2n) is 5.65. The van der Waals surface area contributed by atoms with E-state index in [1.807, 2.05) is 0 Å². The number of methoxy groups -OCH3 is 3. The number of esters is 1. The first-order valence-electron chi connectivity index (χ1n) is 8.40. The Balaban J connectivity index is 1.77. The van der Waals surface area contributed by atoms with E-state index in [0.29, 0.717) is 34.5 Å². The second kappa shape index (κ2) is 8.72. The summed E-state index contributed by atoms with van der Waals surface area (Å²) in [6.45, 7) is 0. The molecule has 0 aliphatic heterocycles. The highest BCUT2D eigenvalue weighted by atomic mass is 16.5. The minimum Gasteiger partial charge on any atom is -0.497 e. The fourth-order valence-corrected chi connectivity index (χ4v) is 2.48. The van der Waals surface area contributed by atoms with Gasteiger partial charge in [-0.3, -0.25) is 0 Å². The number of carbonyl (C=O) groups is 1. The van der Waals surface area contributed by atoms with E-state index in [-0.39, 0.29) is 5.97 Å². The number of hydrogen-bond acceptors (Lipinski definition) is 8. The van der Waals surface area contributed by atoms with Gasteiger partial charge in [0.1, 0.15) is 17.3 Å². The third-order valence-electron chi connectivity index (χ3n) is 3.89. The molecule has 0 radical (unpaired) electrons. The average molecular weight is 380 g/mol. The van der Waals surface area contributed by atoms with Crippen LogP contribution in [0.1, 0.15) is 10.4 Å². The van der Waals surface area contributed by atoms with Crippen molar-refractivity contribution in [3.05, 3.63) is 60.3 Å². The van der Waals surface area contributed by atoms with Crippen LogP contribution in [0.4, 0.5) is 23.1 Å². The van der Waals surface area contributed by atoms with Crippen LogP contribution in [-0.2, 0) is 4.74 Å². The van der Waals surface area contributed by atoms with Gasteiger partial charge in [0.05, 0.1) is 32.6 Å². The van der Waals surface area contributed by atoms with Gasteiger partial charge in [0.15, 0.2) is 0 Å². The van der Waals surface area contributed by atoms with Crippen molar-refractivity contribution in [2.75, 3.05) is 32.0 Å². The molecule has 0 spiro atoms. The minimum atomic E-state index is -0.382. The van der Waals surface area contributed by atoms with E-state index in [4.69, 9.17) is 14.2 Å². The summed E-state index contributed by atoms with van der Waals surface area (Å²) in [5.41, 5.74) is 1.93. The normalized spacial score (nSPS) is 10.1. The van der Waals surface area contributed by atoms with Crippen molar-refractivity contribution in [1.29, 1.82) is 0 Å². The molecule has 2 aromatic carbocycles. The molecule has 0 bridgehead atoms. The summed E-state index contributed by atoms with van der Waals surface area (Å²) in [5, 5.41) is 6.29. The van der Waals surface area contributed by atoms with E-state index >= 15 is 0 Å². The molecule has 0 aliphatic carbocycles. The first-order valence-corrected chi connectivity index (χ1v) is 8.40. The summed E-state index contributed by atoms with van der Waals surface area (Å²) in [4.78, 5) is 20.2. The van der Waals surface area contributed by atoms with Gasteiger partial charge in [-0.25, -0.2) is 9.78 Å². The van der Waals surface area contributed by atoms with Crippen LogP contribution in [-0.4, -0.2) is 37.3 Å². The Morgan fingerprint density at radius 2 is 1.71 bits per heavy atom. The van der Waals surface area contributed by atoms with Crippen molar-refractivity contribution in [2.45, 2.75) is 0 Å². The molecule has 0 aliphatic rings. The molecule has 2 N–H and O–H groups in total. The van der Waals surface area contributed by atoms with Gasteiger partial charge in [0.2, 0.25) is 5.95 Å². The zero-order valence-corrected chi connectivity index (χ0v) is 15.7. The Bertz CT molecular complexity index is 961. The average Bonchev–Trinajstić information content (AvgIpc) is 2.74. The van der Waals surface area contributed by atoms with E-state index in [0.717, 1.165) is 5.69 Å². The maximum Gasteiger partial charge on any atom is 0.337 e. The largest absolute Gasteiger partial charge is 0.497 e. The highest BCUT2D eigenvalue weighted by molar-refractivity contribution is 5.89. The molecule has 0 amide bonds. The highest BCUT2D eigenvalue weighted by Crippen LogP contribution is 2.30. The molecule has 1 heterocycles. The smallest absolute Gasteiger partial charge is 0.337 e. The molecule has 0 saturated carbocycles. The molecule has 3 aromatic rings. The van der Waals surface area contributed by atoms with E-state index in [1.165, 1.54) is 7.11 Å². The standard InChI is InChI=1S/C20H20N4O4/c1-26-15-8-9-17(27-2)16(12-15)23-20-21-11-10-18(24-20)22-14-6-4-13(5-7-14)19(25)28-3/h4-12H,1-3H3,(H2,21,22,23,24). The summed E-state index contributed by atoms with van der Waals surface area (Å²) < 4.78 is 15.3. The van der Waals surface area contributed by atoms with Crippen LogP contribution in [0.3, 0.4) is 0 Å². The molecular formula is C20H20N4O4. The highest BCUT2D eigenvalue weighted by Gasteiger charge is 2.08. The van der Waals surface area contributed by atoms with E-state index in [1.54, 1.807) is 68.9 Å². The number of carbonyl (C=O) groups excluding carboxylic acids is 1. The predicted molar refractivity (Wildman–Crippen MR) is 106 cm³/mol. The number of benzene rings is 2. The summed E-state index contributed by atoms with van der Waals surface area (Å²) in [7, 11) is 4.53. The van der Waals surface area contributed by atoms with Crippen LogP contribution >= 0.6 is 0 Å². The number of anilines is 4. The lowest BCUT2D eigenvalue weighted by molar-refractivity contribution is 0.0601. The minimum absolute atomic E-state index is 0.382. The number of rotatable bonds is 7. The van der Waals surface area contributed by atoms with Crippen molar-refractivity contribution >= 4 is 29.1 Å². The maximum absolute atomic E-state index is 11.5. The lowest BCUT2D eigenvalue weighted by Crippen LogP contribution is -2.03. The number of hydrogen-bond donors (Lipinski definition) is 2. The summed E-state index contributed by atoms with van der Waals surface area (Å²) in [6, 6.07) is 14.0. The summed E-state index contributed by atoms with van der Waals surface area (Å²) in [5.74, 6) is 1.92. The fraction of sp³-hybridized carbons (Fsp3) is 0.150. The van der Waals surface area contributed by atoms with Crippen molar-refractivity contribution in [3.63, 3.8) is 0 Å². The van der Waals surface area contributed by atoms with Gasteiger partial charge in [-0.05, 0) is 42.5 Å². The third-order valence-corrected chi connectivity index (χ3v) is 3.89. The van der Waals surface area contributed by atoms with Crippen LogP contribution in [0.15, 0.2) is 54.7 Å². The number of nitrogens with zero attached hydrogens (tertiary/aromatic N) is 2. The van der Waals surface area contributed by atoms with Crippen molar-refractivity contribution in [3.8, 4) is 11.5 Å². The number of nitrogens with one attached hydrogen (secondary N) is 2. The van der Waals surface area contributed by atoms with Crippen molar-refractivity contribution < 1.29 is 19.0 Å². The van der Waals surface area contributed by atoms with Gasteiger partial charge < -0.3 is 24.8 Å². The zero-order chi connectivity index (χ0) is 19.9. The van der Waals surface area contributed by atoms with Gasteiger partial charge >= 0.3 is 5.97 Å². The Morgan fingerprint density at radius 1 is 0.929 bits per heavy atom. The molecule has 144 valence electrons. The Morgan fingerprint density at radius 3 is 2.39 bits per heavy atom. The lowest BCUT2D eigenvalue weighted by atomic mass is 10.2. The van der Waals surface area contributed by atoms with Gasteiger partial charge in [-0.15, -0.1) is 0 Å². The van der Waals surface area contributed by atoms with Gasteiger partial charge in [0, 0.05) is 18.0 Å². The predicted octanol–water partition coefficient (Wildman–Crippen LogP) is 3.77. The van der Waals surface area contributed by atoms with Gasteiger partial charge in [-0.1, -0.05) is 0 Å². The van der Waals surface area contributed by atoms with Crippen molar-refractivity contribution in [1.82, 2.24) is 9.97 Å². The quantitative estimate of drug-likeness (QED) is 0.598. The van der Waals surface area contributed by atoms with Gasteiger partial charge in [-0.2, -0.15) is 4.98 Å². The topological polar surface area (TPSA) is 94.6 Å².